The standard InChI is InChI=1S/C11H12ClN3S/c1-2-3-4-6-13-9-8-5-7-16-10(8)15-11(12)14-9/h2-3,5,7H,4,6H2,1H3,(H,13,14,15)/b3-2+. The minimum atomic E-state index is 0.295. The van der Waals surface area contributed by atoms with E-state index in [1.54, 1.807) is 11.3 Å². The highest BCUT2D eigenvalue weighted by Crippen LogP contribution is 2.26. The van der Waals surface area contributed by atoms with Gasteiger partial charge < -0.3 is 5.32 Å². The molecule has 2 rings (SSSR count). The molecule has 2 heterocycles. The van der Waals surface area contributed by atoms with Crippen LogP contribution in [0.3, 0.4) is 0 Å². The number of hydrogen-bond donors (Lipinski definition) is 1. The molecule has 0 bridgehead atoms. The van der Waals surface area contributed by atoms with Gasteiger partial charge in [-0.3, -0.25) is 0 Å². The lowest BCUT2D eigenvalue weighted by Gasteiger charge is -2.05. The van der Waals surface area contributed by atoms with Crippen LogP contribution in [0.5, 0.6) is 0 Å². The van der Waals surface area contributed by atoms with Gasteiger partial charge in [0.1, 0.15) is 10.6 Å². The summed E-state index contributed by atoms with van der Waals surface area (Å²) in [7, 11) is 0. The molecule has 0 spiro atoms. The summed E-state index contributed by atoms with van der Waals surface area (Å²) in [5, 5.41) is 6.59. The molecule has 0 aromatic carbocycles. The maximum atomic E-state index is 5.85. The van der Waals surface area contributed by atoms with Crippen LogP contribution in [-0.4, -0.2) is 16.5 Å². The number of thiophene rings is 1. The zero-order chi connectivity index (χ0) is 11.4. The van der Waals surface area contributed by atoms with Crippen molar-refractivity contribution in [1.29, 1.82) is 0 Å². The molecule has 3 nitrogen and oxygen atoms in total. The van der Waals surface area contributed by atoms with E-state index in [2.05, 4.69) is 21.4 Å². The summed E-state index contributed by atoms with van der Waals surface area (Å²) in [6.45, 7) is 2.86. The minimum Gasteiger partial charge on any atom is -0.369 e. The van der Waals surface area contributed by atoms with E-state index in [0.29, 0.717) is 5.28 Å². The van der Waals surface area contributed by atoms with Crippen molar-refractivity contribution in [2.45, 2.75) is 13.3 Å². The molecule has 5 heteroatoms. The summed E-state index contributed by atoms with van der Waals surface area (Å²) < 4.78 is 0. The first kappa shape index (κ1) is 11.4. The van der Waals surface area contributed by atoms with Gasteiger partial charge in [-0.2, -0.15) is 0 Å². The number of halogens is 1. The van der Waals surface area contributed by atoms with Crippen molar-refractivity contribution >= 4 is 39.0 Å². The van der Waals surface area contributed by atoms with Crippen molar-refractivity contribution in [1.82, 2.24) is 9.97 Å². The normalized spacial score (nSPS) is 11.4. The van der Waals surface area contributed by atoms with Gasteiger partial charge in [-0.05, 0) is 36.4 Å². The molecule has 0 atom stereocenters. The second-order valence-electron chi connectivity index (χ2n) is 3.27. The third kappa shape index (κ3) is 2.51. The Morgan fingerprint density at radius 2 is 2.38 bits per heavy atom. The molecular weight excluding hydrogens is 242 g/mol. The van der Waals surface area contributed by atoms with Gasteiger partial charge in [0.25, 0.3) is 0 Å². The monoisotopic (exact) mass is 253 g/mol. The van der Waals surface area contributed by atoms with Crippen molar-refractivity contribution in [2.24, 2.45) is 0 Å². The van der Waals surface area contributed by atoms with Crippen LogP contribution in [0.25, 0.3) is 10.2 Å². The maximum Gasteiger partial charge on any atom is 0.225 e. The number of anilines is 1. The molecule has 0 fully saturated rings. The van der Waals surface area contributed by atoms with Gasteiger partial charge in [-0.1, -0.05) is 12.2 Å². The van der Waals surface area contributed by atoms with Crippen molar-refractivity contribution in [3.63, 3.8) is 0 Å². The van der Waals surface area contributed by atoms with E-state index in [4.69, 9.17) is 11.6 Å². The summed E-state index contributed by atoms with van der Waals surface area (Å²) in [5.74, 6) is 0.820. The lowest BCUT2D eigenvalue weighted by Crippen LogP contribution is -2.03. The number of fused-ring (bicyclic) bond motifs is 1. The minimum absolute atomic E-state index is 0.295. The van der Waals surface area contributed by atoms with E-state index in [1.165, 1.54) is 0 Å². The SMILES string of the molecule is C/C=C/CCNc1nc(Cl)nc2sccc12. The Bertz CT molecular complexity index is 507. The number of hydrogen-bond acceptors (Lipinski definition) is 4. The molecule has 16 heavy (non-hydrogen) atoms. The molecule has 0 aliphatic rings. The van der Waals surface area contributed by atoms with Gasteiger partial charge >= 0.3 is 0 Å². The lowest BCUT2D eigenvalue weighted by atomic mass is 10.3. The van der Waals surface area contributed by atoms with Crippen LogP contribution in [0.2, 0.25) is 5.28 Å². The largest absolute Gasteiger partial charge is 0.369 e. The molecule has 0 aliphatic carbocycles. The Morgan fingerprint density at radius 1 is 1.50 bits per heavy atom. The third-order valence-corrected chi connectivity index (χ3v) is 3.11. The Hall–Kier alpha value is -1.13. The predicted molar refractivity (Wildman–Crippen MR) is 70.3 cm³/mol. The first-order valence-corrected chi connectivity index (χ1v) is 6.33. The fourth-order valence-electron chi connectivity index (χ4n) is 1.40. The Morgan fingerprint density at radius 3 is 3.19 bits per heavy atom. The van der Waals surface area contributed by atoms with Gasteiger partial charge in [0.15, 0.2) is 0 Å². The van der Waals surface area contributed by atoms with Crippen LogP contribution in [0.1, 0.15) is 13.3 Å². The second-order valence-corrected chi connectivity index (χ2v) is 4.50. The summed E-state index contributed by atoms with van der Waals surface area (Å²) in [4.78, 5) is 9.28. The van der Waals surface area contributed by atoms with E-state index in [0.717, 1.165) is 29.0 Å². The number of rotatable bonds is 4. The van der Waals surface area contributed by atoms with Crippen LogP contribution in [0, 0.1) is 0 Å². The molecule has 0 unspecified atom stereocenters. The third-order valence-electron chi connectivity index (χ3n) is 2.14. The first-order chi connectivity index (χ1) is 7.81. The molecule has 0 saturated carbocycles. The van der Waals surface area contributed by atoms with Gasteiger partial charge in [0.05, 0.1) is 5.39 Å². The van der Waals surface area contributed by atoms with E-state index in [9.17, 15) is 0 Å². The Labute approximate surface area is 103 Å². The van der Waals surface area contributed by atoms with E-state index < -0.39 is 0 Å². The van der Waals surface area contributed by atoms with E-state index in [-0.39, 0.29) is 0 Å². The van der Waals surface area contributed by atoms with Gasteiger partial charge in [0.2, 0.25) is 5.28 Å². The highest BCUT2D eigenvalue weighted by molar-refractivity contribution is 7.16. The Balaban J connectivity index is 2.18. The van der Waals surface area contributed by atoms with Crippen LogP contribution in [0.15, 0.2) is 23.6 Å². The molecule has 84 valence electrons. The van der Waals surface area contributed by atoms with Crippen LogP contribution in [-0.2, 0) is 0 Å². The lowest BCUT2D eigenvalue weighted by molar-refractivity contribution is 1.04. The molecule has 2 aromatic rings. The summed E-state index contributed by atoms with van der Waals surface area (Å²) in [6, 6.07) is 2.01. The smallest absolute Gasteiger partial charge is 0.225 e. The van der Waals surface area contributed by atoms with Gasteiger partial charge in [-0.25, -0.2) is 9.97 Å². The number of nitrogens with one attached hydrogen (secondary N) is 1. The summed E-state index contributed by atoms with van der Waals surface area (Å²) in [5.41, 5.74) is 0. The van der Waals surface area contributed by atoms with Gasteiger partial charge in [-0.15, -0.1) is 11.3 Å². The van der Waals surface area contributed by atoms with Crippen LogP contribution >= 0.6 is 22.9 Å². The second kappa shape index (κ2) is 5.27. The Kier molecular flexibility index (Phi) is 3.74. The van der Waals surface area contributed by atoms with E-state index >= 15 is 0 Å². The molecule has 1 N–H and O–H groups in total. The topological polar surface area (TPSA) is 37.8 Å². The molecule has 0 aliphatic heterocycles. The van der Waals surface area contributed by atoms with Crippen molar-refractivity contribution in [2.75, 3.05) is 11.9 Å². The van der Waals surface area contributed by atoms with E-state index in [1.807, 2.05) is 24.4 Å². The molecule has 2 aromatic heterocycles. The molecule has 0 amide bonds. The fraction of sp³-hybridized carbons (Fsp3) is 0.273. The van der Waals surface area contributed by atoms with Crippen molar-refractivity contribution in [3.05, 3.63) is 28.9 Å². The zero-order valence-corrected chi connectivity index (χ0v) is 10.5. The molecule has 0 radical (unpaired) electrons. The van der Waals surface area contributed by atoms with Gasteiger partial charge in [0, 0.05) is 6.54 Å². The average Bonchev–Trinajstić information content (AvgIpc) is 2.72. The molecule has 0 saturated heterocycles. The van der Waals surface area contributed by atoms with Crippen LogP contribution < -0.4 is 5.32 Å². The number of nitrogens with zero attached hydrogens (tertiary/aromatic N) is 2. The summed E-state index contributed by atoms with van der Waals surface area (Å²) in [6.07, 6.45) is 5.12. The highest BCUT2D eigenvalue weighted by Gasteiger charge is 2.06. The zero-order valence-electron chi connectivity index (χ0n) is 8.90. The predicted octanol–water partition coefficient (Wildman–Crippen LogP) is 3.72. The van der Waals surface area contributed by atoms with Crippen molar-refractivity contribution < 1.29 is 0 Å². The quantitative estimate of drug-likeness (QED) is 0.513. The van der Waals surface area contributed by atoms with Crippen molar-refractivity contribution in [3.8, 4) is 0 Å². The number of allylic oxidation sites excluding steroid dienone is 1. The fourth-order valence-corrected chi connectivity index (χ4v) is 2.39. The molecular formula is C11H12ClN3S. The average molecular weight is 254 g/mol. The number of aromatic nitrogens is 2. The highest BCUT2D eigenvalue weighted by atomic mass is 35.5. The van der Waals surface area contributed by atoms with Crippen LogP contribution in [0.4, 0.5) is 5.82 Å². The summed E-state index contributed by atoms with van der Waals surface area (Å²) >= 11 is 7.42. The first-order valence-electron chi connectivity index (χ1n) is 5.07. The maximum absolute atomic E-state index is 5.85.